The predicted molar refractivity (Wildman–Crippen MR) is 62.7 cm³/mol. The maximum Gasteiger partial charge on any atom is 0.277 e. The van der Waals surface area contributed by atoms with Gasteiger partial charge in [0.1, 0.15) is 5.69 Å². The molecule has 0 spiro atoms. The second-order valence-electron chi connectivity index (χ2n) is 3.26. The van der Waals surface area contributed by atoms with Crippen molar-refractivity contribution in [1.29, 1.82) is 0 Å². The summed E-state index contributed by atoms with van der Waals surface area (Å²) >= 11 is 3.14. The summed E-state index contributed by atoms with van der Waals surface area (Å²) in [5.74, 6) is 0.414. The van der Waals surface area contributed by atoms with Crippen LogP contribution in [-0.2, 0) is 0 Å². The third-order valence-electron chi connectivity index (χ3n) is 2.22. The number of para-hydroxylation sites is 1. The molecule has 2 aromatic heterocycles. The fourth-order valence-electron chi connectivity index (χ4n) is 1.49. The number of hydrogen-bond acceptors (Lipinski definition) is 4. The Balaban J connectivity index is 2.18. The molecular weight excluding hydrogens is 270 g/mol. The summed E-state index contributed by atoms with van der Waals surface area (Å²) in [6.07, 6.45) is 0. The highest BCUT2D eigenvalue weighted by molar-refractivity contribution is 9.10. The molecule has 0 bridgehead atoms. The molecule has 3 rings (SSSR count). The molecule has 0 atom stereocenters. The van der Waals surface area contributed by atoms with Crippen LogP contribution in [0, 0.1) is 0 Å². The van der Waals surface area contributed by atoms with Gasteiger partial charge in [-0.3, -0.25) is 0 Å². The van der Waals surface area contributed by atoms with Gasteiger partial charge in [0, 0.05) is 5.39 Å². The van der Waals surface area contributed by atoms with Crippen LogP contribution in [0.3, 0.4) is 0 Å². The zero-order valence-electron chi connectivity index (χ0n) is 8.09. The lowest BCUT2D eigenvalue weighted by Crippen LogP contribution is -1.84. The number of aromatic nitrogens is 3. The Kier molecular flexibility index (Phi) is 2.18. The third-order valence-corrected chi connectivity index (χ3v) is 2.54. The highest BCUT2D eigenvalue weighted by atomic mass is 79.9. The first-order valence-corrected chi connectivity index (χ1v) is 5.47. The number of nitrogens with zero attached hydrogens (tertiary/aromatic N) is 3. The van der Waals surface area contributed by atoms with Crippen LogP contribution in [0.25, 0.3) is 22.5 Å². The van der Waals surface area contributed by atoms with E-state index in [0.717, 1.165) is 10.9 Å². The molecular formula is C11H6BrN3O. The van der Waals surface area contributed by atoms with Crippen LogP contribution in [0.15, 0.2) is 45.7 Å². The Morgan fingerprint density at radius 2 is 1.88 bits per heavy atom. The summed E-state index contributed by atoms with van der Waals surface area (Å²) in [5.41, 5.74) is 1.59. The van der Waals surface area contributed by atoms with Crippen LogP contribution in [0.4, 0.5) is 0 Å². The normalized spacial score (nSPS) is 10.8. The predicted octanol–water partition coefficient (Wildman–Crippen LogP) is 3.05. The van der Waals surface area contributed by atoms with E-state index in [4.69, 9.17) is 4.52 Å². The van der Waals surface area contributed by atoms with Gasteiger partial charge in [-0.05, 0) is 33.2 Å². The van der Waals surface area contributed by atoms with E-state index in [9.17, 15) is 0 Å². The quantitative estimate of drug-likeness (QED) is 0.685. The smallest absolute Gasteiger partial charge is 0.277 e. The molecule has 2 heterocycles. The fourth-order valence-corrected chi connectivity index (χ4v) is 1.73. The van der Waals surface area contributed by atoms with Crippen molar-refractivity contribution >= 4 is 26.8 Å². The number of rotatable bonds is 1. The second kappa shape index (κ2) is 3.68. The molecule has 0 aliphatic carbocycles. The highest BCUT2D eigenvalue weighted by Gasteiger charge is 2.08. The van der Waals surface area contributed by atoms with Crippen molar-refractivity contribution in [3.8, 4) is 11.6 Å². The molecule has 3 aromatic rings. The average Bonchev–Trinajstić information content (AvgIpc) is 2.75. The first-order chi connectivity index (χ1) is 7.83. The molecule has 78 valence electrons. The van der Waals surface area contributed by atoms with E-state index < -0.39 is 0 Å². The van der Waals surface area contributed by atoms with Crippen LogP contribution in [0.5, 0.6) is 0 Å². The van der Waals surface area contributed by atoms with E-state index in [0.29, 0.717) is 16.3 Å². The summed E-state index contributed by atoms with van der Waals surface area (Å²) < 4.78 is 5.46. The van der Waals surface area contributed by atoms with Crippen molar-refractivity contribution in [2.45, 2.75) is 0 Å². The molecule has 0 unspecified atom stereocenters. The summed E-state index contributed by atoms with van der Waals surface area (Å²) in [6, 6.07) is 11.7. The van der Waals surface area contributed by atoms with Crippen LogP contribution in [0.2, 0.25) is 0 Å². The van der Waals surface area contributed by atoms with Crippen molar-refractivity contribution < 1.29 is 4.52 Å². The van der Waals surface area contributed by atoms with Gasteiger partial charge in [-0.25, -0.2) is 4.98 Å². The molecule has 0 radical (unpaired) electrons. The van der Waals surface area contributed by atoms with Crippen molar-refractivity contribution in [1.82, 2.24) is 15.1 Å². The van der Waals surface area contributed by atoms with Gasteiger partial charge in [-0.1, -0.05) is 24.3 Å². The minimum Gasteiger partial charge on any atom is -0.331 e. The van der Waals surface area contributed by atoms with Gasteiger partial charge in [0.15, 0.2) is 0 Å². The topological polar surface area (TPSA) is 51.8 Å². The van der Waals surface area contributed by atoms with E-state index in [1.807, 2.05) is 36.4 Å². The van der Waals surface area contributed by atoms with E-state index in [-0.39, 0.29) is 0 Å². The molecule has 16 heavy (non-hydrogen) atoms. The third kappa shape index (κ3) is 1.59. The Morgan fingerprint density at radius 3 is 2.69 bits per heavy atom. The molecule has 1 aromatic carbocycles. The second-order valence-corrected chi connectivity index (χ2v) is 3.97. The van der Waals surface area contributed by atoms with Crippen LogP contribution >= 0.6 is 15.9 Å². The summed E-state index contributed by atoms with van der Waals surface area (Å²) in [7, 11) is 0. The molecule has 0 aliphatic rings. The molecule has 0 N–H and O–H groups in total. The summed E-state index contributed by atoms with van der Waals surface area (Å²) in [5, 5.41) is 4.75. The zero-order valence-corrected chi connectivity index (χ0v) is 9.68. The SMILES string of the molecule is Brc1noc(-c2ccc3ccccc3n2)n1. The van der Waals surface area contributed by atoms with E-state index >= 15 is 0 Å². The maximum absolute atomic E-state index is 5.03. The Labute approximate surface area is 99.4 Å². The Morgan fingerprint density at radius 1 is 1.00 bits per heavy atom. The minimum absolute atomic E-state index is 0.414. The van der Waals surface area contributed by atoms with Gasteiger partial charge in [0.2, 0.25) is 4.73 Å². The number of halogens is 1. The van der Waals surface area contributed by atoms with Gasteiger partial charge in [-0.15, -0.1) is 0 Å². The highest BCUT2D eigenvalue weighted by Crippen LogP contribution is 2.20. The minimum atomic E-state index is 0.414. The lowest BCUT2D eigenvalue weighted by molar-refractivity contribution is 0.425. The van der Waals surface area contributed by atoms with Crippen molar-refractivity contribution in [3.63, 3.8) is 0 Å². The van der Waals surface area contributed by atoms with E-state index in [1.54, 1.807) is 0 Å². The number of hydrogen-bond donors (Lipinski definition) is 0. The lowest BCUT2D eigenvalue weighted by Gasteiger charge is -1.97. The first-order valence-electron chi connectivity index (χ1n) is 4.68. The summed E-state index contributed by atoms with van der Waals surface area (Å²) in [6.45, 7) is 0. The molecule has 0 fully saturated rings. The van der Waals surface area contributed by atoms with Crippen LogP contribution < -0.4 is 0 Å². The van der Waals surface area contributed by atoms with Gasteiger partial charge in [-0.2, -0.15) is 4.98 Å². The van der Waals surface area contributed by atoms with Crippen molar-refractivity contribution in [2.75, 3.05) is 0 Å². The molecule has 0 saturated heterocycles. The molecule has 0 amide bonds. The van der Waals surface area contributed by atoms with Gasteiger partial charge in [0.25, 0.3) is 5.89 Å². The van der Waals surface area contributed by atoms with Crippen molar-refractivity contribution in [2.24, 2.45) is 0 Å². The van der Waals surface area contributed by atoms with Gasteiger partial charge >= 0.3 is 0 Å². The Bertz CT molecular complexity index is 650. The molecule has 4 nitrogen and oxygen atoms in total. The standard InChI is InChI=1S/C11H6BrN3O/c12-11-14-10(16-15-11)9-6-5-7-3-1-2-4-8(7)13-9/h1-6H. The van der Waals surface area contributed by atoms with Gasteiger partial charge < -0.3 is 4.52 Å². The van der Waals surface area contributed by atoms with Gasteiger partial charge in [0.05, 0.1) is 5.52 Å². The Hall–Kier alpha value is -1.75. The lowest BCUT2D eigenvalue weighted by atomic mass is 10.2. The maximum atomic E-state index is 5.03. The number of benzene rings is 1. The zero-order chi connectivity index (χ0) is 11.0. The molecule has 5 heteroatoms. The van der Waals surface area contributed by atoms with Crippen LogP contribution in [-0.4, -0.2) is 15.1 Å². The molecule has 0 saturated carbocycles. The van der Waals surface area contributed by atoms with E-state index in [2.05, 4.69) is 31.1 Å². The van der Waals surface area contributed by atoms with E-state index in [1.165, 1.54) is 0 Å². The number of pyridine rings is 1. The summed E-state index contributed by atoms with van der Waals surface area (Å²) in [4.78, 5) is 8.51. The average molecular weight is 276 g/mol. The molecule has 0 aliphatic heterocycles. The van der Waals surface area contributed by atoms with Crippen LogP contribution in [0.1, 0.15) is 0 Å². The first kappa shape index (κ1) is 9.47. The largest absolute Gasteiger partial charge is 0.331 e. The fraction of sp³-hybridized carbons (Fsp3) is 0. The monoisotopic (exact) mass is 275 g/mol. The number of fused-ring (bicyclic) bond motifs is 1. The van der Waals surface area contributed by atoms with Crippen molar-refractivity contribution in [3.05, 3.63) is 41.1 Å².